The van der Waals surface area contributed by atoms with Crippen molar-refractivity contribution < 1.29 is 4.74 Å². The topological polar surface area (TPSA) is 62.6 Å². The number of likely N-dealkylation sites (tertiary alicyclic amines) is 1. The van der Waals surface area contributed by atoms with E-state index in [1.54, 1.807) is 17.5 Å². The number of aryl methyl sites for hydroxylation is 1. The number of hydrogen-bond acceptors (Lipinski definition) is 5. The van der Waals surface area contributed by atoms with Gasteiger partial charge in [-0.25, -0.2) is 9.97 Å². The van der Waals surface area contributed by atoms with E-state index in [1.165, 1.54) is 10.6 Å². The summed E-state index contributed by atoms with van der Waals surface area (Å²) in [6.07, 6.45) is 2.85. The molecule has 7 heteroatoms. The summed E-state index contributed by atoms with van der Waals surface area (Å²) >= 11 is 1.76. The van der Waals surface area contributed by atoms with Crippen molar-refractivity contribution in [1.82, 2.24) is 20.2 Å². The smallest absolute Gasteiger partial charge is 0.213 e. The molecule has 0 aromatic carbocycles. The Morgan fingerprint density at radius 1 is 1.46 bits per heavy atom. The third-order valence-electron chi connectivity index (χ3n) is 4.40. The Balaban J connectivity index is 1.54. The molecule has 0 amide bonds. The molecule has 26 heavy (non-hydrogen) atoms. The van der Waals surface area contributed by atoms with Crippen LogP contribution in [0, 0.1) is 6.92 Å². The predicted octanol–water partition coefficient (Wildman–Crippen LogP) is 3.20. The molecule has 0 radical (unpaired) electrons. The van der Waals surface area contributed by atoms with Crippen LogP contribution in [0.15, 0.2) is 29.4 Å². The summed E-state index contributed by atoms with van der Waals surface area (Å²) in [5.74, 6) is 2.04. The highest BCUT2D eigenvalue weighted by Gasteiger charge is 2.26. The molecule has 1 aliphatic heterocycles. The van der Waals surface area contributed by atoms with Gasteiger partial charge in [-0.15, -0.1) is 11.3 Å². The Bertz CT molecular complexity index is 744. The first-order valence-electron chi connectivity index (χ1n) is 9.06. The van der Waals surface area contributed by atoms with Gasteiger partial charge in [0, 0.05) is 37.2 Å². The fourth-order valence-corrected chi connectivity index (χ4v) is 4.20. The second kappa shape index (κ2) is 8.49. The summed E-state index contributed by atoms with van der Waals surface area (Å²) in [5, 5.41) is 4.55. The van der Waals surface area contributed by atoms with E-state index in [0.29, 0.717) is 18.3 Å². The van der Waals surface area contributed by atoms with Crippen molar-refractivity contribution in [3.8, 4) is 5.88 Å². The van der Waals surface area contributed by atoms with Crippen LogP contribution in [0.4, 0.5) is 0 Å². The van der Waals surface area contributed by atoms with Gasteiger partial charge in [0.25, 0.3) is 0 Å². The van der Waals surface area contributed by atoms with Gasteiger partial charge in [-0.1, -0.05) is 19.9 Å². The van der Waals surface area contributed by atoms with Crippen LogP contribution < -0.4 is 10.1 Å². The van der Waals surface area contributed by atoms with E-state index >= 15 is 0 Å². The minimum Gasteiger partial charge on any atom is -0.472 e. The molecule has 0 aliphatic carbocycles. The average Bonchev–Trinajstić information content (AvgIpc) is 3.23. The maximum atomic E-state index is 5.96. The molecule has 0 spiro atoms. The van der Waals surface area contributed by atoms with E-state index in [2.05, 4.69) is 41.0 Å². The first-order chi connectivity index (χ1) is 12.6. The summed E-state index contributed by atoms with van der Waals surface area (Å²) in [6, 6.07) is 5.73. The van der Waals surface area contributed by atoms with Crippen LogP contribution in [0.25, 0.3) is 0 Å². The molecule has 1 N–H and O–H groups in total. The number of aliphatic imine (C=N–C) groups is 1. The molecule has 1 atom stereocenters. The summed E-state index contributed by atoms with van der Waals surface area (Å²) in [5.41, 5.74) is 1.20. The number of rotatable bonds is 5. The van der Waals surface area contributed by atoms with Crippen molar-refractivity contribution in [1.29, 1.82) is 0 Å². The Morgan fingerprint density at radius 3 is 2.96 bits per heavy atom. The lowest BCUT2D eigenvalue weighted by Gasteiger charge is -2.21. The lowest BCUT2D eigenvalue weighted by molar-refractivity contribution is 0.205. The van der Waals surface area contributed by atoms with Gasteiger partial charge in [-0.2, -0.15) is 0 Å². The van der Waals surface area contributed by atoms with Crippen molar-refractivity contribution in [2.75, 3.05) is 20.1 Å². The maximum absolute atomic E-state index is 5.96. The summed E-state index contributed by atoms with van der Waals surface area (Å²) in [6.45, 7) is 8.95. The molecule has 0 saturated carbocycles. The number of nitrogens with one attached hydrogen (secondary N) is 1. The highest BCUT2D eigenvalue weighted by Crippen LogP contribution is 2.24. The van der Waals surface area contributed by atoms with Gasteiger partial charge < -0.3 is 15.0 Å². The molecule has 140 valence electrons. The normalized spacial score (nSPS) is 17.8. The second-order valence-corrected chi connectivity index (χ2v) is 8.03. The van der Waals surface area contributed by atoms with E-state index in [1.807, 2.05) is 25.2 Å². The third-order valence-corrected chi connectivity index (χ3v) is 5.39. The number of guanidine groups is 1. The van der Waals surface area contributed by atoms with Gasteiger partial charge in [0.15, 0.2) is 5.96 Å². The van der Waals surface area contributed by atoms with Crippen molar-refractivity contribution in [3.05, 3.63) is 40.0 Å². The van der Waals surface area contributed by atoms with Crippen LogP contribution in [-0.4, -0.2) is 47.1 Å². The molecule has 2 aromatic rings. The second-order valence-electron chi connectivity index (χ2n) is 6.75. The molecule has 3 heterocycles. The van der Waals surface area contributed by atoms with Crippen molar-refractivity contribution >= 4 is 17.3 Å². The van der Waals surface area contributed by atoms with Crippen LogP contribution in [0.5, 0.6) is 5.88 Å². The number of ether oxygens (including phenoxy) is 1. The molecular formula is C19H27N5OS. The molecule has 1 fully saturated rings. The molecule has 6 nitrogen and oxygen atoms in total. The Hall–Kier alpha value is -2.15. The van der Waals surface area contributed by atoms with Crippen LogP contribution >= 0.6 is 11.3 Å². The van der Waals surface area contributed by atoms with Crippen LogP contribution in [0.1, 0.15) is 41.8 Å². The number of nitrogens with zero attached hydrogens (tertiary/aromatic N) is 4. The highest BCUT2D eigenvalue weighted by molar-refractivity contribution is 7.11. The largest absolute Gasteiger partial charge is 0.472 e. The lowest BCUT2D eigenvalue weighted by atomic mass is 10.1. The van der Waals surface area contributed by atoms with E-state index in [0.717, 1.165) is 30.5 Å². The number of hydrogen-bond donors (Lipinski definition) is 1. The van der Waals surface area contributed by atoms with Crippen molar-refractivity contribution in [2.45, 2.75) is 45.8 Å². The van der Waals surface area contributed by atoms with E-state index in [-0.39, 0.29) is 6.10 Å². The zero-order valence-corrected chi connectivity index (χ0v) is 16.7. The third kappa shape index (κ3) is 4.52. The minimum absolute atomic E-state index is 0.137. The zero-order chi connectivity index (χ0) is 18.5. The number of thiazole rings is 1. The summed E-state index contributed by atoms with van der Waals surface area (Å²) < 4.78 is 5.96. The van der Waals surface area contributed by atoms with Crippen LogP contribution in [0.3, 0.4) is 0 Å². The average molecular weight is 374 g/mol. The summed E-state index contributed by atoms with van der Waals surface area (Å²) in [7, 11) is 1.82. The van der Waals surface area contributed by atoms with Gasteiger partial charge in [-0.05, 0) is 18.9 Å². The summed E-state index contributed by atoms with van der Waals surface area (Å²) in [4.78, 5) is 17.0. The zero-order valence-electron chi connectivity index (χ0n) is 15.9. The standard InChI is InChI=1S/C19H27N5OS/c1-13(2)18-14(3)26-17(23-18)11-22-19(20-4)24-10-8-15(12-24)25-16-7-5-6-9-21-16/h5-7,9,13,15H,8,10-12H2,1-4H3,(H,20,22). The Morgan fingerprint density at radius 2 is 2.31 bits per heavy atom. The maximum Gasteiger partial charge on any atom is 0.213 e. The monoisotopic (exact) mass is 373 g/mol. The molecular weight excluding hydrogens is 346 g/mol. The number of pyridine rings is 1. The van der Waals surface area contributed by atoms with E-state index in [4.69, 9.17) is 9.72 Å². The van der Waals surface area contributed by atoms with Crippen molar-refractivity contribution in [3.63, 3.8) is 0 Å². The fraction of sp³-hybridized carbons (Fsp3) is 0.526. The molecule has 3 rings (SSSR count). The Labute approximate surface area is 159 Å². The first kappa shape index (κ1) is 18.6. The molecule has 0 bridgehead atoms. The molecule has 1 saturated heterocycles. The lowest BCUT2D eigenvalue weighted by Crippen LogP contribution is -2.40. The van der Waals surface area contributed by atoms with Gasteiger partial charge in [-0.3, -0.25) is 4.99 Å². The first-order valence-corrected chi connectivity index (χ1v) is 9.88. The fourth-order valence-electron chi connectivity index (χ4n) is 3.17. The minimum atomic E-state index is 0.137. The van der Waals surface area contributed by atoms with Gasteiger partial charge in [0.1, 0.15) is 11.1 Å². The van der Waals surface area contributed by atoms with Gasteiger partial charge >= 0.3 is 0 Å². The molecule has 2 aromatic heterocycles. The van der Waals surface area contributed by atoms with Crippen LogP contribution in [-0.2, 0) is 6.54 Å². The van der Waals surface area contributed by atoms with Crippen LogP contribution in [0.2, 0.25) is 0 Å². The number of aromatic nitrogens is 2. The predicted molar refractivity (Wildman–Crippen MR) is 106 cm³/mol. The van der Waals surface area contributed by atoms with E-state index < -0.39 is 0 Å². The highest BCUT2D eigenvalue weighted by atomic mass is 32.1. The van der Waals surface area contributed by atoms with Gasteiger partial charge in [0.2, 0.25) is 5.88 Å². The SMILES string of the molecule is CN=C(NCc1nc(C(C)C)c(C)s1)N1CCC(Oc2ccccn2)C1. The molecule has 1 unspecified atom stereocenters. The van der Waals surface area contributed by atoms with Crippen molar-refractivity contribution in [2.24, 2.45) is 4.99 Å². The quantitative estimate of drug-likeness (QED) is 0.644. The molecule has 1 aliphatic rings. The van der Waals surface area contributed by atoms with E-state index in [9.17, 15) is 0 Å². The Kier molecular flexibility index (Phi) is 6.08. The van der Waals surface area contributed by atoms with Gasteiger partial charge in [0.05, 0.1) is 18.8 Å².